The summed E-state index contributed by atoms with van der Waals surface area (Å²) in [6, 6.07) is 5.22. The van der Waals surface area contributed by atoms with Crippen LogP contribution < -0.4 is 10.5 Å². The highest BCUT2D eigenvalue weighted by molar-refractivity contribution is 7.85. The number of benzene rings is 1. The number of ether oxygens (including phenoxy) is 2. The number of morpholine rings is 1. The van der Waals surface area contributed by atoms with E-state index in [1.807, 2.05) is 0 Å². The summed E-state index contributed by atoms with van der Waals surface area (Å²) in [6.07, 6.45) is 0.00629. The number of nitrogens with zero attached hydrogens (tertiary/aromatic N) is 1. The standard InChI is InChI=1S/C14H22N2O3S/c1-3-16-6-7-19-12(9-16)10-20(17)14-5-4-11(15)8-13(14)18-2/h4-5,8,12H,3,6-7,9-10,15H2,1-2H3. The maximum absolute atomic E-state index is 12.5. The zero-order chi connectivity index (χ0) is 14.5. The van der Waals surface area contributed by atoms with Gasteiger partial charge < -0.3 is 15.2 Å². The van der Waals surface area contributed by atoms with Crippen LogP contribution in [0.5, 0.6) is 5.75 Å². The molecule has 2 N–H and O–H groups in total. The van der Waals surface area contributed by atoms with E-state index in [0.717, 1.165) is 19.6 Å². The molecule has 0 aromatic heterocycles. The van der Waals surface area contributed by atoms with Crippen LogP contribution in [0.15, 0.2) is 23.1 Å². The SMILES string of the molecule is CCN1CCOC(CS(=O)c2ccc(N)cc2OC)C1. The molecule has 1 fully saturated rings. The van der Waals surface area contributed by atoms with Gasteiger partial charge in [0.1, 0.15) is 5.75 Å². The maximum Gasteiger partial charge on any atom is 0.137 e. The smallest absolute Gasteiger partial charge is 0.137 e. The molecule has 1 aromatic carbocycles. The van der Waals surface area contributed by atoms with E-state index in [2.05, 4.69) is 11.8 Å². The molecule has 6 heteroatoms. The first-order chi connectivity index (χ1) is 9.63. The van der Waals surface area contributed by atoms with Crippen LogP contribution in [0.2, 0.25) is 0 Å². The van der Waals surface area contributed by atoms with Crippen LogP contribution in [0.1, 0.15) is 6.92 Å². The number of nitrogen functional groups attached to an aromatic ring is 1. The van der Waals surface area contributed by atoms with Gasteiger partial charge in [-0.3, -0.25) is 9.11 Å². The van der Waals surface area contributed by atoms with Gasteiger partial charge >= 0.3 is 0 Å². The van der Waals surface area contributed by atoms with Crippen LogP contribution in [0.3, 0.4) is 0 Å². The van der Waals surface area contributed by atoms with Gasteiger partial charge in [-0.2, -0.15) is 0 Å². The highest BCUT2D eigenvalue weighted by Gasteiger charge is 2.23. The normalized spacial score (nSPS) is 21.6. The largest absolute Gasteiger partial charge is 0.495 e. The third-order valence-electron chi connectivity index (χ3n) is 3.44. The van der Waals surface area contributed by atoms with Crippen molar-refractivity contribution in [2.45, 2.75) is 17.9 Å². The average molecular weight is 298 g/mol. The molecule has 0 aliphatic carbocycles. The highest BCUT2D eigenvalue weighted by Crippen LogP contribution is 2.25. The van der Waals surface area contributed by atoms with Crippen molar-refractivity contribution in [3.63, 3.8) is 0 Å². The molecule has 2 rings (SSSR count). The Balaban J connectivity index is 2.04. The first-order valence-corrected chi connectivity index (χ1v) is 8.11. The number of methoxy groups -OCH3 is 1. The van der Waals surface area contributed by atoms with E-state index >= 15 is 0 Å². The molecule has 2 atom stereocenters. The first kappa shape index (κ1) is 15.3. The summed E-state index contributed by atoms with van der Waals surface area (Å²) in [6.45, 7) is 5.61. The molecule has 0 spiro atoms. The van der Waals surface area contributed by atoms with Crippen molar-refractivity contribution in [1.82, 2.24) is 4.90 Å². The summed E-state index contributed by atoms with van der Waals surface area (Å²) >= 11 is 0. The Morgan fingerprint density at radius 3 is 3.05 bits per heavy atom. The second-order valence-corrected chi connectivity index (χ2v) is 6.27. The van der Waals surface area contributed by atoms with Crippen LogP contribution in [0.25, 0.3) is 0 Å². The summed E-state index contributed by atoms with van der Waals surface area (Å²) < 4.78 is 23.4. The molecule has 1 aromatic rings. The number of nitrogens with two attached hydrogens (primary N) is 1. The topological polar surface area (TPSA) is 64.8 Å². The molecule has 1 aliphatic heterocycles. The van der Waals surface area contributed by atoms with Crippen molar-refractivity contribution in [3.8, 4) is 5.75 Å². The maximum atomic E-state index is 12.5. The Morgan fingerprint density at radius 2 is 2.35 bits per heavy atom. The first-order valence-electron chi connectivity index (χ1n) is 6.80. The molecular formula is C14H22N2O3S. The highest BCUT2D eigenvalue weighted by atomic mass is 32.2. The molecule has 112 valence electrons. The van der Waals surface area contributed by atoms with Gasteiger partial charge in [-0.1, -0.05) is 6.92 Å². The van der Waals surface area contributed by atoms with Crippen LogP contribution in [0.4, 0.5) is 5.69 Å². The molecule has 1 aliphatic rings. The lowest BCUT2D eigenvalue weighted by Crippen LogP contribution is -2.44. The van der Waals surface area contributed by atoms with Crippen molar-refractivity contribution < 1.29 is 13.7 Å². The minimum atomic E-state index is -1.15. The lowest BCUT2D eigenvalue weighted by molar-refractivity contribution is -0.0141. The van der Waals surface area contributed by atoms with E-state index in [0.29, 0.717) is 28.7 Å². The fourth-order valence-electron chi connectivity index (χ4n) is 2.30. The second kappa shape index (κ2) is 7.06. The summed E-state index contributed by atoms with van der Waals surface area (Å²) in [4.78, 5) is 2.99. The number of anilines is 1. The number of hydrogen-bond acceptors (Lipinski definition) is 5. The van der Waals surface area contributed by atoms with Crippen molar-refractivity contribution in [3.05, 3.63) is 18.2 Å². The molecule has 5 nitrogen and oxygen atoms in total. The average Bonchev–Trinajstić information content (AvgIpc) is 2.47. The van der Waals surface area contributed by atoms with Crippen molar-refractivity contribution in [2.75, 3.05) is 44.8 Å². The van der Waals surface area contributed by atoms with Gasteiger partial charge in [0.2, 0.25) is 0 Å². The lowest BCUT2D eigenvalue weighted by Gasteiger charge is -2.31. The molecule has 2 unspecified atom stereocenters. The predicted octanol–water partition coefficient (Wildman–Crippen LogP) is 1.11. The van der Waals surface area contributed by atoms with Gasteiger partial charge in [-0.15, -0.1) is 0 Å². The van der Waals surface area contributed by atoms with E-state index < -0.39 is 10.8 Å². The van der Waals surface area contributed by atoms with E-state index in [1.54, 1.807) is 25.3 Å². The van der Waals surface area contributed by atoms with Crippen molar-refractivity contribution in [1.29, 1.82) is 0 Å². The van der Waals surface area contributed by atoms with Crippen LogP contribution in [0, 0.1) is 0 Å². The third-order valence-corrected chi connectivity index (χ3v) is 4.94. The Morgan fingerprint density at radius 1 is 1.55 bits per heavy atom. The molecule has 0 amide bonds. The van der Waals surface area contributed by atoms with Gasteiger partial charge in [0, 0.05) is 24.8 Å². The number of likely N-dealkylation sites (N-methyl/N-ethyl adjacent to an activating group) is 1. The van der Waals surface area contributed by atoms with Gasteiger partial charge in [0.15, 0.2) is 0 Å². The van der Waals surface area contributed by atoms with Gasteiger partial charge in [-0.25, -0.2) is 0 Å². The molecule has 0 radical (unpaired) electrons. The minimum absolute atomic E-state index is 0.00629. The minimum Gasteiger partial charge on any atom is -0.495 e. The second-order valence-electron chi connectivity index (χ2n) is 4.81. The Labute approximate surface area is 122 Å². The third kappa shape index (κ3) is 3.71. The monoisotopic (exact) mass is 298 g/mol. The van der Waals surface area contributed by atoms with E-state index in [9.17, 15) is 4.21 Å². The van der Waals surface area contributed by atoms with Gasteiger partial charge in [-0.05, 0) is 18.7 Å². The number of rotatable bonds is 5. The van der Waals surface area contributed by atoms with E-state index in [4.69, 9.17) is 15.2 Å². The van der Waals surface area contributed by atoms with Gasteiger partial charge in [0.25, 0.3) is 0 Å². The number of hydrogen-bond donors (Lipinski definition) is 1. The zero-order valence-electron chi connectivity index (χ0n) is 12.0. The van der Waals surface area contributed by atoms with Crippen LogP contribution in [-0.4, -0.2) is 54.3 Å². The fraction of sp³-hybridized carbons (Fsp3) is 0.571. The van der Waals surface area contributed by atoms with Crippen LogP contribution >= 0.6 is 0 Å². The molecule has 20 heavy (non-hydrogen) atoms. The fourth-order valence-corrected chi connectivity index (χ4v) is 3.60. The lowest BCUT2D eigenvalue weighted by atomic mass is 10.3. The molecule has 0 saturated carbocycles. The molecular weight excluding hydrogens is 276 g/mol. The molecule has 1 saturated heterocycles. The Bertz CT molecular complexity index is 481. The molecule has 1 heterocycles. The Kier molecular flexibility index (Phi) is 5.39. The summed E-state index contributed by atoms with van der Waals surface area (Å²) in [7, 11) is 0.411. The van der Waals surface area contributed by atoms with Crippen LogP contribution in [-0.2, 0) is 15.5 Å². The van der Waals surface area contributed by atoms with Gasteiger partial charge in [0.05, 0.1) is 41.3 Å². The van der Waals surface area contributed by atoms with E-state index in [-0.39, 0.29) is 6.10 Å². The quantitative estimate of drug-likeness (QED) is 0.825. The summed E-state index contributed by atoms with van der Waals surface area (Å²) in [5.74, 6) is 1.06. The predicted molar refractivity (Wildman–Crippen MR) is 80.5 cm³/mol. The zero-order valence-corrected chi connectivity index (χ0v) is 12.8. The van der Waals surface area contributed by atoms with Crippen molar-refractivity contribution >= 4 is 16.5 Å². The summed E-state index contributed by atoms with van der Waals surface area (Å²) in [5.41, 5.74) is 6.32. The summed E-state index contributed by atoms with van der Waals surface area (Å²) in [5, 5.41) is 0. The van der Waals surface area contributed by atoms with Crippen molar-refractivity contribution in [2.24, 2.45) is 0 Å². The molecule has 0 bridgehead atoms. The van der Waals surface area contributed by atoms with E-state index in [1.165, 1.54) is 0 Å². The Hall–Kier alpha value is -1.11.